The molecule has 1 fully saturated rings. The number of hydrogen-bond donors (Lipinski definition) is 1. The molecule has 0 radical (unpaired) electrons. The summed E-state index contributed by atoms with van der Waals surface area (Å²) in [6.45, 7) is 3.04. The van der Waals surface area contributed by atoms with Crippen molar-refractivity contribution in [3.05, 3.63) is 24.0 Å². The predicted molar refractivity (Wildman–Crippen MR) is 115 cm³/mol. The number of terminal acetylenes is 1. The van der Waals surface area contributed by atoms with E-state index >= 15 is 0 Å². The molecular weight excluding hydrogens is 416 g/mol. The maximum Gasteiger partial charge on any atom is 0.231 e. The van der Waals surface area contributed by atoms with Crippen LogP contribution in [-0.4, -0.2) is 56.6 Å². The second-order valence-corrected chi connectivity index (χ2v) is 8.35. The first-order valence-electron chi connectivity index (χ1n) is 9.91. The number of nitrogen functional groups attached to an aromatic ring is 1. The van der Waals surface area contributed by atoms with Gasteiger partial charge in [0.1, 0.15) is 12.1 Å². The van der Waals surface area contributed by atoms with Gasteiger partial charge in [-0.3, -0.25) is 9.69 Å². The van der Waals surface area contributed by atoms with E-state index in [1.54, 1.807) is 6.07 Å². The van der Waals surface area contributed by atoms with Crippen LogP contribution in [0.4, 0.5) is 5.82 Å². The number of anilines is 1. The van der Waals surface area contributed by atoms with Crippen LogP contribution in [0, 0.1) is 12.3 Å². The van der Waals surface area contributed by atoms with E-state index in [9.17, 15) is 4.79 Å². The standard InChI is InChI=1S/C21H20N6O3S/c1-2-13-8-15-16(30-12-29-15)9-17(13)31-21-25-18-19(22)23-11-24-20(18)27(21)6-3-5-26-7-4-14(28)10-26/h1,8-9,11H,3-7,10,12H2,(H2,22,23,24). The van der Waals surface area contributed by atoms with Crippen molar-refractivity contribution in [2.24, 2.45) is 0 Å². The highest BCUT2D eigenvalue weighted by molar-refractivity contribution is 7.99. The molecule has 1 aromatic carbocycles. The molecule has 0 bridgehead atoms. The quantitative estimate of drug-likeness (QED) is 0.580. The molecular formula is C21H20N6O3S. The number of aryl methyl sites for hydroxylation is 1. The molecule has 0 unspecified atom stereocenters. The highest BCUT2D eigenvalue weighted by Crippen LogP contribution is 2.41. The molecule has 0 aliphatic carbocycles. The molecule has 5 rings (SSSR count). The third-order valence-corrected chi connectivity index (χ3v) is 6.37. The lowest BCUT2D eigenvalue weighted by atomic mass is 10.2. The Hall–Kier alpha value is -3.29. The van der Waals surface area contributed by atoms with E-state index in [1.165, 1.54) is 18.1 Å². The van der Waals surface area contributed by atoms with E-state index in [0.29, 0.717) is 59.3 Å². The fraction of sp³-hybridized carbons (Fsp3) is 0.333. The second-order valence-electron chi connectivity index (χ2n) is 7.34. The number of aromatic nitrogens is 4. The lowest BCUT2D eigenvalue weighted by molar-refractivity contribution is -0.116. The number of nitrogens with two attached hydrogens (primary N) is 1. The zero-order valence-electron chi connectivity index (χ0n) is 16.7. The van der Waals surface area contributed by atoms with E-state index in [1.807, 2.05) is 10.6 Å². The molecule has 4 heterocycles. The molecule has 0 saturated carbocycles. The van der Waals surface area contributed by atoms with Crippen molar-refractivity contribution in [3.63, 3.8) is 0 Å². The minimum absolute atomic E-state index is 0.178. The van der Waals surface area contributed by atoms with Crippen molar-refractivity contribution in [2.45, 2.75) is 29.4 Å². The van der Waals surface area contributed by atoms with E-state index in [4.69, 9.17) is 26.6 Å². The molecule has 0 amide bonds. The first-order valence-corrected chi connectivity index (χ1v) is 10.7. The van der Waals surface area contributed by atoms with Crippen LogP contribution >= 0.6 is 11.8 Å². The molecule has 9 nitrogen and oxygen atoms in total. The van der Waals surface area contributed by atoms with Crippen LogP contribution in [0.3, 0.4) is 0 Å². The predicted octanol–water partition coefficient (Wildman–Crippen LogP) is 1.93. The van der Waals surface area contributed by atoms with Crippen molar-refractivity contribution in [3.8, 4) is 23.8 Å². The number of carbonyl (C=O) groups excluding carboxylic acids is 1. The Kier molecular flexibility index (Phi) is 5.13. The van der Waals surface area contributed by atoms with Gasteiger partial charge >= 0.3 is 0 Å². The van der Waals surface area contributed by atoms with Crippen molar-refractivity contribution in [2.75, 3.05) is 32.2 Å². The summed E-state index contributed by atoms with van der Waals surface area (Å²) >= 11 is 1.43. The van der Waals surface area contributed by atoms with Crippen LogP contribution in [-0.2, 0) is 11.3 Å². The third-order valence-electron chi connectivity index (χ3n) is 5.32. The number of imidazole rings is 1. The van der Waals surface area contributed by atoms with Crippen molar-refractivity contribution in [1.82, 2.24) is 24.4 Å². The lowest BCUT2D eigenvalue weighted by Gasteiger charge is -2.14. The largest absolute Gasteiger partial charge is 0.454 e. The fourth-order valence-corrected chi connectivity index (χ4v) is 4.78. The van der Waals surface area contributed by atoms with Crippen molar-refractivity contribution in [1.29, 1.82) is 0 Å². The number of rotatable bonds is 6. The number of ketones is 1. The normalized spacial score (nSPS) is 15.6. The first-order chi connectivity index (χ1) is 15.1. The second kappa shape index (κ2) is 8.09. The van der Waals surface area contributed by atoms with Gasteiger partial charge in [0.05, 0.1) is 6.54 Å². The average Bonchev–Trinajstić information content (AvgIpc) is 3.47. The summed E-state index contributed by atoms with van der Waals surface area (Å²) < 4.78 is 13.0. The van der Waals surface area contributed by atoms with Crippen LogP contribution in [0.1, 0.15) is 18.4 Å². The molecule has 0 spiro atoms. The number of Topliss-reactive ketones (excluding diaryl/α,β-unsaturated/α-hetero) is 1. The molecule has 2 aliphatic rings. The smallest absolute Gasteiger partial charge is 0.231 e. The number of nitrogens with zero attached hydrogens (tertiary/aromatic N) is 5. The first kappa shape index (κ1) is 19.7. The monoisotopic (exact) mass is 436 g/mol. The molecule has 10 heteroatoms. The van der Waals surface area contributed by atoms with E-state index in [-0.39, 0.29) is 6.79 Å². The van der Waals surface area contributed by atoms with E-state index in [0.717, 1.165) is 29.6 Å². The number of likely N-dealkylation sites (tertiary alicyclic amines) is 1. The third kappa shape index (κ3) is 3.78. The Morgan fingerprint density at radius 3 is 2.84 bits per heavy atom. The highest BCUT2D eigenvalue weighted by Gasteiger charge is 2.22. The van der Waals surface area contributed by atoms with Crippen LogP contribution in [0.2, 0.25) is 0 Å². The summed E-state index contributed by atoms with van der Waals surface area (Å²) in [5.41, 5.74) is 7.99. The van der Waals surface area contributed by atoms with Gasteiger partial charge in [-0.25, -0.2) is 15.0 Å². The van der Waals surface area contributed by atoms with Crippen LogP contribution < -0.4 is 15.2 Å². The van der Waals surface area contributed by atoms with E-state index in [2.05, 4.69) is 20.8 Å². The Morgan fingerprint density at radius 1 is 1.23 bits per heavy atom. The fourth-order valence-electron chi connectivity index (χ4n) is 3.77. The van der Waals surface area contributed by atoms with Crippen LogP contribution in [0.15, 0.2) is 28.5 Å². The zero-order valence-corrected chi connectivity index (χ0v) is 17.5. The lowest BCUT2D eigenvalue weighted by Crippen LogP contribution is -2.23. The minimum Gasteiger partial charge on any atom is -0.454 e. The van der Waals surface area contributed by atoms with Gasteiger partial charge < -0.3 is 19.8 Å². The summed E-state index contributed by atoms with van der Waals surface area (Å²) in [5, 5.41) is 0.718. The molecule has 1 saturated heterocycles. The van der Waals surface area contributed by atoms with Gasteiger partial charge in [0, 0.05) is 42.6 Å². The number of carbonyl (C=O) groups is 1. The van der Waals surface area contributed by atoms with Gasteiger partial charge in [-0.15, -0.1) is 6.42 Å². The van der Waals surface area contributed by atoms with Gasteiger partial charge in [0.2, 0.25) is 6.79 Å². The van der Waals surface area contributed by atoms with Gasteiger partial charge in [-0.05, 0) is 12.5 Å². The highest BCUT2D eigenvalue weighted by atomic mass is 32.2. The molecule has 2 aliphatic heterocycles. The zero-order chi connectivity index (χ0) is 21.4. The summed E-state index contributed by atoms with van der Waals surface area (Å²) in [7, 11) is 0. The maximum absolute atomic E-state index is 11.5. The summed E-state index contributed by atoms with van der Waals surface area (Å²) in [4.78, 5) is 27.7. The van der Waals surface area contributed by atoms with Gasteiger partial charge in [0.25, 0.3) is 0 Å². The molecule has 158 valence electrons. The Labute approximate surface area is 182 Å². The summed E-state index contributed by atoms with van der Waals surface area (Å²) in [6, 6.07) is 3.67. The molecule has 2 N–H and O–H groups in total. The van der Waals surface area contributed by atoms with Crippen molar-refractivity contribution < 1.29 is 14.3 Å². The average molecular weight is 436 g/mol. The maximum atomic E-state index is 11.5. The molecule has 2 aromatic heterocycles. The number of ether oxygens (including phenoxy) is 2. The van der Waals surface area contributed by atoms with E-state index < -0.39 is 0 Å². The van der Waals surface area contributed by atoms with Gasteiger partial charge in [-0.1, -0.05) is 17.7 Å². The van der Waals surface area contributed by atoms with Crippen molar-refractivity contribution >= 4 is 34.5 Å². The molecule has 3 aromatic rings. The van der Waals surface area contributed by atoms with Gasteiger partial charge in [-0.2, -0.15) is 0 Å². The number of hydrogen-bond acceptors (Lipinski definition) is 9. The Balaban J connectivity index is 1.45. The minimum atomic E-state index is 0.178. The topological polar surface area (TPSA) is 108 Å². The molecule has 0 atom stereocenters. The number of fused-ring (bicyclic) bond motifs is 2. The Bertz CT molecular complexity index is 1220. The van der Waals surface area contributed by atoms with Crippen LogP contribution in [0.25, 0.3) is 11.2 Å². The van der Waals surface area contributed by atoms with Gasteiger partial charge in [0.15, 0.2) is 33.6 Å². The summed E-state index contributed by atoms with van der Waals surface area (Å²) in [6.07, 6.45) is 8.66. The Morgan fingerprint density at radius 2 is 2.06 bits per heavy atom. The SMILES string of the molecule is C#Cc1cc2c(cc1Sc1nc3c(N)ncnc3n1CCCN1CCC(=O)C1)OCO2. The van der Waals surface area contributed by atoms with Crippen LogP contribution in [0.5, 0.6) is 11.5 Å². The molecule has 31 heavy (non-hydrogen) atoms. The number of benzene rings is 1. The summed E-state index contributed by atoms with van der Waals surface area (Å²) in [5.74, 6) is 4.64.